The second-order valence-corrected chi connectivity index (χ2v) is 16.2. The minimum Gasteiger partial charge on any atom is -0.494 e. The highest BCUT2D eigenvalue weighted by Crippen LogP contribution is 2.25. The third-order valence-electron chi connectivity index (χ3n) is 11.5. The molecule has 0 aromatic heterocycles. The van der Waals surface area contributed by atoms with Crippen LogP contribution in [0.1, 0.15) is 140 Å². The fourth-order valence-electron chi connectivity index (χ4n) is 7.92. The van der Waals surface area contributed by atoms with E-state index in [1.54, 1.807) is 0 Å². The van der Waals surface area contributed by atoms with Gasteiger partial charge in [-0.25, -0.2) is 0 Å². The van der Waals surface area contributed by atoms with Crippen LogP contribution in [-0.2, 0) is 9.59 Å². The predicted octanol–water partition coefficient (Wildman–Crippen LogP) is 12.0. The van der Waals surface area contributed by atoms with Crippen molar-refractivity contribution in [2.45, 2.75) is 141 Å². The standard InChI is InChI=1S/C52H64N4O4/c53-39-41-21-25-43(26-22-41)45-29-33-47(34-30-45)59-37-15-9-5-1-3-7-11-19-51(57)55-49-17-13-14-18-50(49)56-52(58)20-12-8-4-2-6-10-16-38-60-48-35-31-46(32-36-48)44-27-23-42(40-54)24-28-44/h21-36,49-50H,1-20,37-38H2,(H,55,57)(H,56,58)/t49-,50-/m1/s1. The summed E-state index contributed by atoms with van der Waals surface area (Å²) in [5.74, 6) is 1.98. The Morgan fingerprint density at radius 2 is 0.750 bits per heavy atom. The molecule has 0 aliphatic heterocycles. The molecule has 0 saturated heterocycles. The number of rotatable bonds is 26. The van der Waals surface area contributed by atoms with E-state index >= 15 is 0 Å². The molecular weight excluding hydrogens is 745 g/mol. The van der Waals surface area contributed by atoms with Crippen molar-refractivity contribution in [3.8, 4) is 45.9 Å². The summed E-state index contributed by atoms with van der Waals surface area (Å²) in [5.41, 5.74) is 5.70. The van der Waals surface area contributed by atoms with Gasteiger partial charge in [-0.15, -0.1) is 0 Å². The molecule has 4 aromatic rings. The molecule has 2 atom stereocenters. The molecular formula is C52H64N4O4. The zero-order chi connectivity index (χ0) is 42.0. The van der Waals surface area contributed by atoms with Crippen molar-refractivity contribution in [3.05, 3.63) is 108 Å². The number of unbranched alkanes of at least 4 members (excludes halogenated alkanes) is 12. The van der Waals surface area contributed by atoms with Crippen LogP contribution in [0.25, 0.3) is 22.3 Å². The molecule has 8 nitrogen and oxygen atoms in total. The van der Waals surface area contributed by atoms with Crippen molar-refractivity contribution in [1.29, 1.82) is 10.5 Å². The first-order chi connectivity index (χ1) is 29.5. The molecule has 0 bridgehead atoms. The fraction of sp³-hybridized carbons (Fsp3) is 0.462. The summed E-state index contributed by atoms with van der Waals surface area (Å²) >= 11 is 0. The van der Waals surface area contributed by atoms with Crippen molar-refractivity contribution in [1.82, 2.24) is 10.6 Å². The van der Waals surface area contributed by atoms with Crippen LogP contribution in [-0.4, -0.2) is 37.1 Å². The van der Waals surface area contributed by atoms with Crippen LogP contribution in [0.2, 0.25) is 0 Å². The molecule has 0 unspecified atom stereocenters. The maximum absolute atomic E-state index is 12.8. The lowest BCUT2D eigenvalue weighted by Crippen LogP contribution is -2.53. The largest absolute Gasteiger partial charge is 0.494 e. The van der Waals surface area contributed by atoms with Gasteiger partial charge < -0.3 is 20.1 Å². The number of carbonyl (C=O) groups excluding carboxylic acids is 2. The van der Waals surface area contributed by atoms with Crippen LogP contribution >= 0.6 is 0 Å². The molecule has 4 aromatic carbocycles. The van der Waals surface area contributed by atoms with E-state index in [1.165, 1.54) is 25.7 Å². The normalized spacial score (nSPS) is 14.7. The molecule has 0 radical (unpaired) electrons. The summed E-state index contributed by atoms with van der Waals surface area (Å²) in [4.78, 5) is 25.6. The number of nitriles is 2. The van der Waals surface area contributed by atoms with Crippen molar-refractivity contribution in [3.63, 3.8) is 0 Å². The average molecular weight is 809 g/mol. The zero-order valence-corrected chi connectivity index (χ0v) is 35.5. The van der Waals surface area contributed by atoms with Gasteiger partial charge in [0.15, 0.2) is 0 Å². The monoisotopic (exact) mass is 808 g/mol. The van der Waals surface area contributed by atoms with Crippen LogP contribution in [0.15, 0.2) is 97.1 Å². The Bertz CT molecular complexity index is 1790. The molecule has 316 valence electrons. The lowest BCUT2D eigenvalue weighted by Gasteiger charge is -2.33. The van der Waals surface area contributed by atoms with E-state index in [0.717, 1.165) is 124 Å². The van der Waals surface area contributed by atoms with Gasteiger partial charge in [-0.1, -0.05) is 126 Å². The second-order valence-electron chi connectivity index (χ2n) is 16.2. The van der Waals surface area contributed by atoms with E-state index in [4.69, 9.17) is 20.0 Å². The van der Waals surface area contributed by atoms with E-state index in [-0.39, 0.29) is 23.9 Å². The van der Waals surface area contributed by atoms with Gasteiger partial charge in [-0.3, -0.25) is 9.59 Å². The first-order valence-electron chi connectivity index (χ1n) is 22.6. The number of carbonyl (C=O) groups is 2. The van der Waals surface area contributed by atoms with Gasteiger partial charge in [0.1, 0.15) is 11.5 Å². The lowest BCUT2D eigenvalue weighted by atomic mass is 9.90. The molecule has 8 heteroatoms. The molecule has 1 aliphatic rings. The number of benzene rings is 4. The number of nitrogens with zero attached hydrogens (tertiary/aromatic N) is 2. The van der Waals surface area contributed by atoms with Crippen LogP contribution in [0.5, 0.6) is 11.5 Å². The summed E-state index contributed by atoms with van der Waals surface area (Å²) in [6.07, 6.45) is 20.4. The van der Waals surface area contributed by atoms with Gasteiger partial charge in [0, 0.05) is 24.9 Å². The molecule has 2 N–H and O–H groups in total. The van der Waals surface area contributed by atoms with E-state index in [0.29, 0.717) is 37.2 Å². The highest BCUT2D eigenvalue weighted by Gasteiger charge is 2.27. The van der Waals surface area contributed by atoms with Crippen molar-refractivity contribution >= 4 is 11.8 Å². The third-order valence-corrected chi connectivity index (χ3v) is 11.5. The molecule has 60 heavy (non-hydrogen) atoms. The summed E-state index contributed by atoms with van der Waals surface area (Å²) in [7, 11) is 0. The average Bonchev–Trinajstić information content (AvgIpc) is 3.28. The van der Waals surface area contributed by atoms with Crippen LogP contribution < -0.4 is 20.1 Å². The Morgan fingerprint density at radius 1 is 0.450 bits per heavy atom. The Hall–Kier alpha value is -5.60. The lowest BCUT2D eigenvalue weighted by molar-refractivity contribution is -0.125. The second kappa shape index (κ2) is 26.5. The summed E-state index contributed by atoms with van der Waals surface area (Å²) in [5, 5.41) is 24.5. The maximum atomic E-state index is 12.8. The van der Waals surface area contributed by atoms with Gasteiger partial charge >= 0.3 is 0 Å². The molecule has 5 rings (SSSR count). The first-order valence-corrected chi connectivity index (χ1v) is 22.6. The van der Waals surface area contributed by atoms with Gasteiger partial charge in [0.05, 0.1) is 36.5 Å². The Balaban J connectivity index is 0.814. The van der Waals surface area contributed by atoms with Crippen molar-refractivity contribution in [2.24, 2.45) is 0 Å². The summed E-state index contributed by atoms with van der Waals surface area (Å²) in [6.45, 7) is 1.42. The van der Waals surface area contributed by atoms with E-state index < -0.39 is 0 Å². The highest BCUT2D eigenvalue weighted by atomic mass is 16.5. The molecule has 1 fully saturated rings. The number of ether oxygens (including phenoxy) is 2. The quantitative estimate of drug-likeness (QED) is 0.0609. The van der Waals surface area contributed by atoms with Gasteiger partial charge in [0.2, 0.25) is 11.8 Å². The molecule has 1 saturated carbocycles. The number of nitrogens with one attached hydrogen (secondary N) is 2. The maximum Gasteiger partial charge on any atom is 0.220 e. The van der Waals surface area contributed by atoms with Crippen LogP contribution in [0.4, 0.5) is 0 Å². The van der Waals surface area contributed by atoms with E-state index in [9.17, 15) is 9.59 Å². The van der Waals surface area contributed by atoms with Crippen molar-refractivity contribution in [2.75, 3.05) is 13.2 Å². The Labute approximate surface area is 358 Å². The van der Waals surface area contributed by atoms with Gasteiger partial charge in [0.25, 0.3) is 0 Å². The SMILES string of the molecule is N#Cc1ccc(-c2ccc(OCCCCCCCCCC(=O)N[C@@H]3CCCC[C@H]3NC(=O)CCCCCCCCCOc3ccc(-c4ccc(C#N)cc4)cc3)cc2)cc1. The Morgan fingerprint density at radius 3 is 1.08 bits per heavy atom. The fourth-order valence-corrected chi connectivity index (χ4v) is 7.92. The molecule has 0 spiro atoms. The molecule has 0 heterocycles. The minimum absolute atomic E-state index is 0.0372. The van der Waals surface area contributed by atoms with Crippen molar-refractivity contribution < 1.29 is 19.1 Å². The summed E-state index contributed by atoms with van der Waals surface area (Å²) < 4.78 is 11.9. The van der Waals surface area contributed by atoms with E-state index in [1.807, 2.05) is 72.8 Å². The van der Waals surface area contributed by atoms with Gasteiger partial charge in [-0.05, 0) is 109 Å². The summed E-state index contributed by atoms with van der Waals surface area (Å²) in [6, 6.07) is 35.8. The minimum atomic E-state index is 0.0372. The van der Waals surface area contributed by atoms with Crippen LogP contribution in [0.3, 0.4) is 0 Å². The molecule has 2 amide bonds. The third kappa shape index (κ3) is 16.6. The van der Waals surface area contributed by atoms with Gasteiger partial charge in [-0.2, -0.15) is 10.5 Å². The first kappa shape index (κ1) is 45.5. The molecule has 1 aliphatic carbocycles. The number of hydrogen-bond acceptors (Lipinski definition) is 6. The smallest absolute Gasteiger partial charge is 0.220 e. The predicted molar refractivity (Wildman–Crippen MR) is 240 cm³/mol. The topological polar surface area (TPSA) is 124 Å². The van der Waals surface area contributed by atoms with Crippen LogP contribution in [0, 0.1) is 22.7 Å². The number of amides is 2. The zero-order valence-electron chi connectivity index (χ0n) is 35.5. The Kier molecular flexibility index (Phi) is 20.1. The van der Waals surface area contributed by atoms with E-state index in [2.05, 4.69) is 47.0 Å². The number of hydrogen-bond donors (Lipinski definition) is 2. The highest BCUT2D eigenvalue weighted by molar-refractivity contribution is 5.78.